The normalized spacial score (nSPS) is 15.7. The third-order valence-corrected chi connectivity index (χ3v) is 5.79. The summed E-state index contributed by atoms with van der Waals surface area (Å²) >= 11 is 0. The molecule has 0 aromatic heterocycles. The number of nitrogens with one attached hydrogen (secondary N) is 1. The van der Waals surface area contributed by atoms with E-state index < -0.39 is 16.1 Å². The fraction of sp³-hybridized carbons (Fsp3) is 0.526. The van der Waals surface area contributed by atoms with E-state index in [2.05, 4.69) is 11.4 Å². The summed E-state index contributed by atoms with van der Waals surface area (Å²) in [5.74, 6) is 0.322. The number of benzene rings is 1. The van der Waals surface area contributed by atoms with Crippen LogP contribution in [0.4, 0.5) is 5.69 Å². The molecule has 0 saturated carbocycles. The van der Waals surface area contributed by atoms with Crippen LogP contribution < -0.4 is 14.4 Å². The molecule has 26 heavy (non-hydrogen) atoms. The Morgan fingerprint density at radius 3 is 2.50 bits per heavy atom. The van der Waals surface area contributed by atoms with Crippen molar-refractivity contribution in [3.05, 3.63) is 35.9 Å². The van der Waals surface area contributed by atoms with E-state index in [1.54, 1.807) is 38.3 Å². The summed E-state index contributed by atoms with van der Waals surface area (Å²) in [6.07, 6.45) is 8.81. The molecule has 6 nitrogen and oxygen atoms in total. The largest absolute Gasteiger partial charge is 0.497 e. The van der Waals surface area contributed by atoms with E-state index in [0.29, 0.717) is 18.0 Å². The summed E-state index contributed by atoms with van der Waals surface area (Å²) < 4.78 is 30.8. The van der Waals surface area contributed by atoms with Gasteiger partial charge in [0.2, 0.25) is 15.9 Å². The van der Waals surface area contributed by atoms with E-state index in [1.165, 1.54) is 18.4 Å². The van der Waals surface area contributed by atoms with E-state index in [-0.39, 0.29) is 5.91 Å². The minimum atomic E-state index is -3.61. The van der Waals surface area contributed by atoms with Crippen LogP contribution in [0.2, 0.25) is 0 Å². The van der Waals surface area contributed by atoms with E-state index in [1.807, 2.05) is 0 Å². The molecule has 1 amide bonds. The maximum absolute atomic E-state index is 12.5. The molecule has 0 saturated heterocycles. The highest BCUT2D eigenvalue weighted by molar-refractivity contribution is 7.92. The fourth-order valence-electron chi connectivity index (χ4n) is 3.16. The minimum absolute atomic E-state index is 0.303. The predicted octanol–water partition coefficient (Wildman–Crippen LogP) is 2.86. The summed E-state index contributed by atoms with van der Waals surface area (Å²) in [4.78, 5) is 12.5. The van der Waals surface area contributed by atoms with Gasteiger partial charge in [0.25, 0.3) is 0 Å². The third kappa shape index (κ3) is 5.49. The van der Waals surface area contributed by atoms with Gasteiger partial charge in [-0.2, -0.15) is 0 Å². The standard InChI is InChI=1S/C19H28N2O4S/c1-15(19(22)20-14-13-16-7-5-4-6-8-16)21(26(3,23)24)17-9-11-18(25-2)12-10-17/h7,9-12,15H,4-6,8,13-14H2,1-3H3,(H,20,22)/t15-/m1/s1. The molecule has 1 aliphatic rings. The Labute approximate surface area is 156 Å². The van der Waals surface area contributed by atoms with Gasteiger partial charge in [0.15, 0.2) is 0 Å². The second-order valence-electron chi connectivity index (χ2n) is 6.58. The topological polar surface area (TPSA) is 75.7 Å². The molecule has 1 aliphatic carbocycles. The van der Waals surface area contributed by atoms with Gasteiger partial charge in [0, 0.05) is 6.54 Å². The van der Waals surface area contributed by atoms with Crippen molar-refractivity contribution in [2.24, 2.45) is 0 Å². The van der Waals surface area contributed by atoms with Gasteiger partial charge in [-0.1, -0.05) is 11.6 Å². The van der Waals surface area contributed by atoms with Crippen molar-refractivity contribution in [3.8, 4) is 5.75 Å². The van der Waals surface area contributed by atoms with Crippen LogP contribution in [-0.4, -0.2) is 40.3 Å². The van der Waals surface area contributed by atoms with Gasteiger partial charge in [0.05, 0.1) is 19.1 Å². The molecule has 0 spiro atoms. The first kappa shape index (κ1) is 20.3. The molecular formula is C19H28N2O4S. The second kappa shape index (κ2) is 9.07. The number of ether oxygens (including phenoxy) is 1. The maximum Gasteiger partial charge on any atom is 0.243 e. The smallest absolute Gasteiger partial charge is 0.243 e. The molecule has 0 heterocycles. The van der Waals surface area contributed by atoms with Crippen LogP contribution in [0.1, 0.15) is 39.0 Å². The molecule has 0 unspecified atom stereocenters. The molecule has 0 radical (unpaired) electrons. The van der Waals surface area contributed by atoms with Crippen LogP contribution in [0.3, 0.4) is 0 Å². The highest BCUT2D eigenvalue weighted by Crippen LogP contribution is 2.24. The number of hydrogen-bond donors (Lipinski definition) is 1. The molecule has 1 aromatic carbocycles. The van der Waals surface area contributed by atoms with Crippen molar-refractivity contribution in [2.75, 3.05) is 24.2 Å². The van der Waals surface area contributed by atoms with E-state index in [9.17, 15) is 13.2 Å². The molecule has 7 heteroatoms. The van der Waals surface area contributed by atoms with E-state index in [0.717, 1.165) is 29.8 Å². The number of carbonyl (C=O) groups is 1. The Morgan fingerprint density at radius 1 is 1.27 bits per heavy atom. The zero-order valence-electron chi connectivity index (χ0n) is 15.7. The lowest BCUT2D eigenvalue weighted by atomic mass is 9.97. The number of nitrogens with zero attached hydrogens (tertiary/aromatic N) is 1. The number of carbonyl (C=O) groups excluding carboxylic acids is 1. The molecule has 1 N–H and O–H groups in total. The van der Waals surface area contributed by atoms with Crippen molar-refractivity contribution < 1.29 is 17.9 Å². The molecule has 0 fully saturated rings. The number of methoxy groups -OCH3 is 1. The lowest BCUT2D eigenvalue weighted by molar-refractivity contribution is -0.121. The molecular weight excluding hydrogens is 352 g/mol. The number of anilines is 1. The molecule has 144 valence electrons. The fourth-order valence-corrected chi connectivity index (χ4v) is 4.34. The number of rotatable bonds is 8. The van der Waals surface area contributed by atoms with Crippen molar-refractivity contribution in [1.29, 1.82) is 0 Å². The van der Waals surface area contributed by atoms with Gasteiger partial charge in [-0.3, -0.25) is 9.10 Å². The SMILES string of the molecule is COc1ccc(N([C@H](C)C(=O)NCCC2=CCCCC2)S(C)(=O)=O)cc1. The zero-order chi connectivity index (χ0) is 19.2. The highest BCUT2D eigenvalue weighted by Gasteiger charge is 2.28. The summed E-state index contributed by atoms with van der Waals surface area (Å²) in [5, 5.41) is 2.86. The van der Waals surface area contributed by atoms with Gasteiger partial charge in [0.1, 0.15) is 11.8 Å². The number of allylic oxidation sites excluding steroid dienone is 1. The van der Waals surface area contributed by atoms with Crippen molar-refractivity contribution >= 4 is 21.6 Å². The first-order valence-corrected chi connectivity index (χ1v) is 10.8. The van der Waals surface area contributed by atoms with Gasteiger partial charge < -0.3 is 10.1 Å². The molecule has 2 rings (SSSR count). The van der Waals surface area contributed by atoms with Crippen LogP contribution in [0.25, 0.3) is 0 Å². The second-order valence-corrected chi connectivity index (χ2v) is 8.44. The van der Waals surface area contributed by atoms with Crippen molar-refractivity contribution in [3.63, 3.8) is 0 Å². The lowest BCUT2D eigenvalue weighted by Gasteiger charge is -2.28. The summed E-state index contributed by atoms with van der Waals surface area (Å²) in [6, 6.07) is 5.78. The summed E-state index contributed by atoms with van der Waals surface area (Å²) in [5.41, 5.74) is 1.81. The van der Waals surface area contributed by atoms with Gasteiger partial charge in [-0.15, -0.1) is 0 Å². The number of sulfonamides is 1. The average molecular weight is 381 g/mol. The Balaban J connectivity index is 2.04. The van der Waals surface area contributed by atoms with Gasteiger partial charge in [-0.05, 0) is 63.3 Å². The average Bonchev–Trinajstić information content (AvgIpc) is 2.62. The van der Waals surface area contributed by atoms with Crippen molar-refractivity contribution in [1.82, 2.24) is 5.32 Å². The summed E-state index contributed by atoms with van der Waals surface area (Å²) in [6.45, 7) is 2.12. The highest BCUT2D eigenvalue weighted by atomic mass is 32.2. The molecule has 1 aromatic rings. The van der Waals surface area contributed by atoms with Crippen LogP contribution in [0.5, 0.6) is 5.75 Å². The van der Waals surface area contributed by atoms with Crippen LogP contribution in [0.15, 0.2) is 35.9 Å². The Kier molecular flexibility index (Phi) is 7.08. The van der Waals surface area contributed by atoms with E-state index in [4.69, 9.17) is 4.74 Å². The van der Waals surface area contributed by atoms with E-state index >= 15 is 0 Å². The van der Waals surface area contributed by atoms with Gasteiger partial charge >= 0.3 is 0 Å². The quantitative estimate of drug-likeness (QED) is 0.704. The molecule has 0 bridgehead atoms. The molecule has 1 atom stereocenters. The van der Waals surface area contributed by atoms with Gasteiger partial charge in [-0.25, -0.2) is 8.42 Å². The Morgan fingerprint density at radius 2 is 1.96 bits per heavy atom. The maximum atomic E-state index is 12.5. The first-order valence-electron chi connectivity index (χ1n) is 8.92. The van der Waals surface area contributed by atoms with Crippen LogP contribution >= 0.6 is 0 Å². The minimum Gasteiger partial charge on any atom is -0.497 e. The number of hydrogen-bond acceptors (Lipinski definition) is 4. The Bertz CT molecular complexity index is 741. The Hall–Kier alpha value is -2.02. The van der Waals surface area contributed by atoms with Crippen LogP contribution in [-0.2, 0) is 14.8 Å². The summed E-state index contributed by atoms with van der Waals surface area (Å²) in [7, 11) is -2.06. The first-order chi connectivity index (χ1) is 12.3. The van der Waals surface area contributed by atoms with Crippen LogP contribution in [0, 0.1) is 0 Å². The third-order valence-electron chi connectivity index (χ3n) is 4.55. The number of amides is 1. The monoisotopic (exact) mass is 380 g/mol. The lowest BCUT2D eigenvalue weighted by Crippen LogP contribution is -2.48. The predicted molar refractivity (Wildman–Crippen MR) is 104 cm³/mol. The zero-order valence-corrected chi connectivity index (χ0v) is 16.5. The molecule has 0 aliphatic heterocycles. The van der Waals surface area contributed by atoms with Crippen molar-refractivity contribution in [2.45, 2.75) is 45.1 Å².